The number of carbonyl (C=O) groups is 1. The van der Waals surface area contributed by atoms with E-state index in [2.05, 4.69) is 0 Å². The first-order chi connectivity index (χ1) is 5.88. The number of carbonyl (C=O) groups excluding carboxylic acids is 1. The number of furan rings is 1. The smallest absolute Gasteiger partial charge is 0.251 e. The Morgan fingerprint density at radius 1 is 1.43 bits per heavy atom. The molecule has 1 aromatic rings. The molecular weight excluding hydrogens is 204 g/mol. The van der Waals surface area contributed by atoms with Gasteiger partial charge in [0.1, 0.15) is 6.54 Å². The summed E-state index contributed by atoms with van der Waals surface area (Å²) in [6.45, 7) is 0.410. The predicted molar refractivity (Wildman–Crippen MR) is 50.4 cm³/mol. The summed E-state index contributed by atoms with van der Waals surface area (Å²) in [5, 5.41) is 0. The first-order valence-electron chi connectivity index (χ1n) is 4.07. The van der Waals surface area contributed by atoms with Crippen molar-refractivity contribution < 1.29 is 26.1 Å². The summed E-state index contributed by atoms with van der Waals surface area (Å²) >= 11 is 0. The van der Waals surface area contributed by atoms with Crippen LogP contribution in [0.5, 0.6) is 0 Å². The number of nitrogen functional groups attached to an aromatic ring is 1. The first kappa shape index (κ1) is 13.0. The second kappa shape index (κ2) is 4.48. The molecule has 0 aliphatic heterocycles. The van der Waals surface area contributed by atoms with Gasteiger partial charge >= 0.3 is 0 Å². The van der Waals surface area contributed by atoms with Gasteiger partial charge in [-0.15, -0.1) is 0 Å². The van der Waals surface area contributed by atoms with E-state index in [1.165, 1.54) is 0 Å². The average molecular weight is 219 g/mol. The molecule has 14 heavy (non-hydrogen) atoms. The highest BCUT2D eigenvalue weighted by atomic mass is 35.5. The van der Waals surface area contributed by atoms with Crippen LogP contribution in [0.3, 0.4) is 0 Å². The quantitative estimate of drug-likeness (QED) is 0.461. The van der Waals surface area contributed by atoms with Crippen LogP contribution in [0.15, 0.2) is 16.5 Å². The van der Waals surface area contributed by atoms with Crippen LogP contribution in [0.2, 0.25) is 0 Å². The third-order valence-electron chi connectivity index (χ3n) is 1.52. The monoisotopic (exact) mass is 218 g/mol. The zero-order chi connectivity index (χ0) is 10.1. The number of nitrogens with two attached hydrogens (primary N) is 1. The van der Waals surface area contributed by atoms with Gasteiger partial charge < -0.3 is 27.0 Å². The topological polar surface area (TPSA) is 56.2 Å². The molecule has 0 bridgehead atoms. The number of rotatable bonds is 3. The lowest BCUT2D eigenvalue weighted by Crippen LogP contribution is -3.00. The van der Waals surface area contributed by atoms with Gasteiger partial charge in [0.2, 0.25) is 0 Å². The van der Waals surface area contributed by atoms with Crippen LogP contribution >= 0.6 is 0 Å². The highest BCUT2D eigenvalue weighted by molar-refractivity contribution is 5.94. The maximum Gasteiger partial charge on any atom is 0.251 e. The second-order valence-corrected chi connectivity index (χ2v) is 4.07. The molecule has 80 valence electrons. The Kier molecular flexibility index (Phi) is 4.16. The Morgan fingerprint density at radius 2 is 2.00 bits per heavy atom. The van der Waals surface area contributed by atoms with E-state index < -0.39 is 0 Å². The highest BCUT2D eigenvalue weighted by Crippen LogP contribution is 2.10. The van der Waals surface area contributed by atoms with Crippen LogP contribution in [0, 0.1) is 0 Å². The maximum atomic E-state index is 11.5. The minimum absolute atomic E-state index is 0. The number of nitrogens with zero attached hydrogens (tertiary/aromatic N) is 1. The van der Waals surface area contributed by atoms with E-state index in [9.17, 15) is 4.79 Å². The molecule has 0 radical (unpaired) electrons. The van der Waals surface area contributed by atoms with Gasteiger partial charge in [-0.1, -0.05) is 0 Å². The van der Waals surface area contributed by atoms with Crippen LogP contribution in [0.25, 0.3) is 0 Å². The van der Waals surface area contributed by atoms with Gasteiger partial charge in [-0.05, 0) is 6.07 Å². The lowest BCUT2D eigenvalue weighted by molar-refractivity contribution is -0.861. The van der Waals surface area contributed by atoms with Crippen molar-refractivity contribution in [1.29, 1.82) is 0 Å². The summed E-state index contributed by atoms with van der Waals surface area (Å²) in [4.78, 5) is 11.5. The van der Waals surface area contributed by atoms with Crippen LogP contribution in [-0.2, 0) is 0 Å². The molecule has 0 aliphatic carbocycles. The fraction of sp³-hybridized carbons (Fsp3) is 0.444. The average Bonchev–Trinajstić information content (AvgIpc) is 2.31. The summed E-state index contributed by atoms with van der Waals surface area (Å²) in [7, 11) is 5.85. The molecule has 1 heterocycles. The van der Waals surface area contributed by atoms with Crippen LogP contribution in [0.4, 0.5) is 5.88 Å². The summed E-state index contributed by atoms with van der Waals surface area (Å²) in [6, 6.07) is 3.19. The standard InChI is InChI=1S/C9H14N2O2.ClH/c1-11(2,3)6-7(12)8-4-5-9(10)13-8;/h4-5H,6H2,1-3H3,(H-,10,12);1H. The Hall–Kier alpha value is -1.00. The Morgan fingerprint density at radius 3 is 2.36 bits per heavy atom. The number of Topliss-reactive ketones (excluding diaryl/α,β-unsaturated/α-hetero) is 1. The SMILES string of the molecule is C[N+](C)(C)CC(=O)c1ccc(N)o1.[Cl-]. The third-order valence-corrected chi connectivity index (χ3v) is 1.52. The number of anilines is 1. The van der Waals surface area contributed by atoms with Crippen molar-refractivity contribution >= 4 is 11.7 Å². The van der Waals surface area contributed by atoms with Crippen LogP contribution in [-0.4, -0.2) is 38.0 Å². The highest BCUT2D eigenvalue weighted by Gasteiger charge is 2.18. The van der Waals surface area contributed by atoms with Gasteiger partial charge in [-0.25, -0.2) is 0 Å². The Bertz CT molecular complexity index is 315. The van der Waals surface area contributed by atoms with E-state index in [1.807, 2.05) is 21.1 Å². The fourth-order valence-electron chi connectivity index (χ4n) is 1.01. The minimum Gasteiger partial charge on any atom is -1.00 e. The summed E-state index contributed by atoms with van der Waals surface area (Å²) < 4.78 is 5.59. The van der Waals surface area contributed by atoms with Gasteiger partial charge in [0.25, 0.3) is 5.78 Å². The van der Waals surface area contributed by atoms with E-state index in [0.717, 1.165) is 0 Å². The van der Waals surface area contributed by atoms with Crippen molar-refractivity contribution in [3.63, 3.8) is 0 Å². The van der Waals surface area contributed by atoms with Crippen molar-refractivity contribution in [1.82, 2.24) is 0 Å². The zero-order valence-corrected chi connectivity index (χ0v) is 9.34. The number of hydrogen-bond acceptors (Lipinski definition) is 3. The summed E-state index contributed by atoms with van der Waals surface area (Å²) in [5.41, 5.74) is 5.36. The molecule has 0 unspecified atom stereocenters. The van der Waals surface area contributed by atoms with E-state index in [4.69, 9.17) is 10.2 Å². The van der Waals surface area contributed by atoms with Crippen molar-refractivity contribution in [2.75, 3.05) is 33.4 Å². The fourth-order valence-corrected chi connectivity index (χ4v) is 1.01. The third kappa shape index (κ3) is 3.81. The van der Waals surface area contributed by atoms with E-state index in [0.29, 0.717) is 16.8 Å². The Balaban J connectivity index is 0.00000169. The molecule has 0 aromatic carbocycles. The predicted octanol–water partition coefficient (Wildman–Crippen LogP) is -2.25. The second-order valence-electron chi connectivity index (χ2n) is 4.07. The molecular formula is C9H15ClN2O2. The number of ketones is 1. The molecule has 1 rings (SSSR count). The maximum absolute atomic E-state index is 11.5. The van der Waals surface area contributed by atoms with Crippen molar-refractivity contribution in [3.05, 3.63) is 17.9 Å². The lowest BCUT2D eigenvalue weighted by Gasteiger charge is -2.21. The Labute approximate surface area is 89.7 Å². The normalized spacial score (nSPS) is 10.8. The zero-order valence-electron chi connectivity index (χ0n) is 8.58. The van der Waals surface area contributed by atoms with Crippen LogP contribution < -0.4 is 18.1 Å². The number of likely N-dealkylation sites (N-methyl/N-ethyl adjacent to an activating group) is 1. The van der Waals surface area contributed by atoms with Gasteiger partial charge in [0.15, 0.2) is 11.6 Å². The van der Waals surface area contributed by atoms with Crippen molar-refractivity contribution in [2.24, 2.45) is 0 Å². The minimum atomic E-state index is -0.0239. The largest absolute Gasteiger partial charge is 1.00 e. The van der Waals surface area contributed by atoms with Crippen molar-refractivity contribution in [2.45, 2.75) is 0 Å². The molecule has 0 fully saturated rings. The number of quaternary nitrogens is 1. The molecule has 0 spiro atoms. The first-order valence-corrected chi connectivity index (χ1v) is 4.07. The van der Waals surface area contributed by atoms with Gasteiger partial charge in [0, 0.05) is 6.07 Å². The van der Waals surface area contributed by atoms with E-state index in [-0.39, 0.29) is 24.1 Å². The van der Waals surface area contributed by atoms with Crippen LogP contribution in [0.1, 0.15) is 10.6 Å². The molecule has 0 saturated heterocycles. The molecule has 1 aromatic heterocycles. The summed E-state index contributed by atoms with van der Waals surface area (Å²) in [5.74, 6) is 0.597. The summed E-state index contributed by atoms with van der Waals surface area (Å²) in [6.07, 6.45) is 0. The lowest BCUT2D eigenvalue weighted by atomic mass is 10.3. The molecule has 0 aliphatic rings. The van der Waals surface area contributed by atoms with E-state index >= 15 is 0 Å². The number of hydrogen-bond donors (Lipinski definition) is 1. The van der Waals surface area contributed by atoms with Gasteiger partial charge in [-0.3, -0.25) is 4.79 Å². The van der Waals surface area contributed by atoms with Gasteiger partial charge in [-0.2, -0.15) is 0 Å². The van der Waals surface area contributed by atoms with E-state index in [1.54, 1.807) is 12.1 Å². The molecule has 0 saturated carbocycles. The van der Waals surface area contributed by atoms with Crippen molar-refractivity contribution in [3.8, 4) is 0 Å². The molecule has 5 heteroatoms. The molecule has 0 amide bonds. The molecule has 4 nitrogen and oxygen atoms in total. The number of halogens is 1. The van der Waals surface area contributed by atoms with Gasteiger partial charge in [0.05, 0.1) is 21.1 Å². The molecule has 0 atom stereocenters. The molecule has 2 N–H and O–H groups in total.